The van der Waals surface area contributed by atoms with E-state index in [1.807, 2.05) is 4.72 Å². The van der Waals surface area contributed by atoms with Crippen molar-refractivity contribution in [1.82, 2.24) is 9.71 Å². The molecule has 0 bridgehead atoms. The van der Waals surface area contributed by atoms with Crippen LogP contribution in [-0.2, 0) is 10.0 Å². The number of nitrogens with two attached hydrogens (primary N) is 1. The smallest absolute Gasteiger partial charge is 0.307 e. The van der Waals surface area contributed by atoms with Crippen molar-refractivity contribution in [2.24, 2.45) is 5.84 Å². The maximum absolute atomic E-state index is 12.2. The Kier molecular flexibility index (Phi) is 5.35. The van der Waals surface area contributed by atoms with Crippen LogP contribution >= 0.6 is 15.9 Å². The molecular weight excluding hydrogens is 365 g/mol. The van der Waals surface area contributed by atoms with E-state index in [4.69, 9.17) is 5.84 Å². The van der Waals surface area contributed by atoms with E-state index in [-0.39, 0.29) is 10.7 Å². The summed E-state index contributed by atoms with van der Waals surface area (Å²) in [5, 5.41) is 0. The Hall–Kier alpha value is -0.910. The molecule has 11 heteroatoms. The Labute approximate surface area is 122 Å². The average Bonchev–Trinajstić information content (AvgIpc) is 2.25. The van der Waals surface area contributed by atoms with Gasteiger partial charge in [-0.1, -0.05) is 0 Å². The van der Waals surface area contributed by atoms with Gasteiger partial charge >= 0.3 is 6.18 Å². The highest BCUT2D eigenvalue weighted by molar-refractivity contribution is 9.10. The highest BCUT2D eigenvalue weighted by Gasteiger charge is 2.32. The van der Waals surface area contributed by atoms with Crippen molar-refractivity contribution < 1.29 is 21.6 Å². The van der Waals surface area contributed by atoms with E-state index < -0.39 is 28.7 Å². The summed E-state index contributed by atoms with van der Waals surface area (Å²) in [5.41, 5.74) is 2.08. The van der Waals surface area contributed by atoms with Crippen molar-refractivity contribution in [3.8, 4) is 0 Å². The first kappa shape index (κ1) is 17.1. The summed E-state index contributed by atoms with van der Waals surface area (Å²) in [6, 6.07) is -0.130. The lowest BCUT2D eigenvalue weighted by Crippen LogP contribution is -2.36. The van der Waals surface area contributed by atoms with E-state index in [1.165, 1.54) is 12.3 Å². The van der Waals surface area contributed by atoms with Gasteiger partial charge < -0.3 is 5.43 Å². The molecule has 0 saturated carbocycles. The van der Waals surface area contributed by atoms with Crippen LogP contribution in [0.4, 0.5) is 19.0 Å². The Morgan fingerprint density at radius 3 is 2.60 bits per heavy atom. The molecule has 0 aromatic carbocycles. The quantitative estimate of drug-likeness (QED) is 0.537. The second-order valence-corrected chi connectivity index (χ2v) is 6.58. The van der Waals surface area contributed by atoms with Gasteiger partial charge in [0.15, 0.2) is 5.82 Å². The van der Waals surface area contributed by atoms with Crippen LogP contribution < -0.4 is 16.0 Å². The molecule has 0 aliphatic carbocycles. The predicted molar refractivity (Wildman–Crippen MR) is 70.2 cm³/mol. The maximum Gasteiger partial charge on any atom is 0.390 e. The summed E-state index contributed by atoms with van der Waals surface area (Å²) >= 11 is 3.03. The number of nitrogen functional groups attached to an aromatic ring is 1. The van der Waals surface area contributed by atoms with Crippen LogP contribution in [0, 0.1) is 0 Å². The molecule has 1 heterocycles. The Morgan fingerprint density at radius 2 is 2.10 bits per heavy atom. The molecular formula is C9H12BrF3N4O2S. The van der Waals surface area contributed by atoms with Gasteiger partial charge in [-0.15, -0.1) is 0 Å². The van der Waals surface area contributed by atoms with E-state index in [9.17, 15) is 21.6 Å². The van der Waals surface area contributed by atoms with Gasteiger partial charge in [-0.3, -0.25) is 0 Å². The third-order valence-corrected chi connectivity index (χ3v) is 4.18. The van der Waals surface area contributed by atoms with Crippen LogP contribution in [0.5, 0.6) is 0 Å². The maximum atomic E-state index is 12.2. The lowest BCUT2D eigenvalue weighted by atomic mass is 10.2. The van der Waals surface area contributed by atoms with Gasteiger partial charge in [0.25, 0.3) is 0 Å². The van der Waals surface area contributed by atoms with E-state index in [1.54, 1.807) is 0 Å². The number of sulfonamides is 1. The number of hydrogen-bond acceptors (Lipinski definition) is 5. The molecule has 20 heavy (non-hydrogen) atoms. The molecule has 1 aromatic rings. The molecule has 0 aliphatic heterocycles. The molecule has 0 amide bonds. The van der Waals surface area contributed by atoms with E-state index in [0.29, 0.717) is 4.47 Å². The molecule has 1 atom stereocenters. The molecule has 6 nitrogen and oxygen atoms in total. The number of halogens is 4. The number of alkyl halides is 3. The van der Waals surface area contributed by atoms with Crippen LogP contribution in [0.25, 0.3) is 0 Å². The number of rotatable bonds is 5. The number of nitrogens with one attached hydrogen (secondary N) is 2. The Morgan fingerprint density at radius 1 is 1.50 bits per heavy atom. The summed E-state index contributed by atoms with van der Waals surface area (Å²) in [6.45, 7) is 1.12. The molecule has 1 unspecified atom stereocenters. The van der Waals surface area contributed by atoms with Gasteiger partial charge in [0.1, 0.15) is 4.90 Å². The monoisotopic (exact) mass is 376 g/mol. The zero-order valence-electron chi connectivity index (χ0n) is 10.2. The van der Waals surface area contributed by atoms with Gasteiger partial charge in [0.2, 0.25) is 10.0 Å². The SMILES string of the molecule is CC(CC(F)(F)F)NS(=O)(=O)c1cc(Br)cnc1NN. The molecule has 4 N–H and O–H groups in total. The predicted octanol–water partition coefficient (Wildman–Crippen LogP) is 1.75. The van der Waals surface area contributed by atoms with Crippen LogP contribution in [0.2, 0.25) is 0 Å². The Bertz CT molecular complexity index is 579. The normalized spacial score (nSPS) is 14.1. The van der Waals surface area contributed by atoms with Crippen molar-refractivity contribution in [2.45, 2.75) is 30.5 Å². The van der Waals surface area contributed by atoms with E-state index >= 15 is 0 Å². The molecule has 0 spiro atoms. The topological polar surface area (TPSA) is 97.1 Å². The average molecular weight is 377 g/mol. The van der Waals surface area contributed by atoms with Gasteiger partial charge in [0, 0.05) is 16.7 Å². The standard InChI is InChI=1S/C9H12BrF3N4O2S/c1-5(3-9(11,12)13)17-20(18,19)7-2-6(10)4-15-8(7)16-14/h2,4-5,17H,3,14H2,1H3,(H,15,16). The van der Waals surface area contributed by atoms with Crippen molar-refractivity contribution in [3.63, 3.8) is 0 Å². The first-order chi connectivity index (χ1) is 9.05. The van der Waals surface area contributed by atoms with E-state index in [0.717, 1.165) is 6.92 Å². The largest absolute Gasteiger partial charge is 0.390 e. The van der Waals surface area contributed by atoms with Crippen molar-refractivity contribution in [2.75, 3.05) is 5.43 Å². The number of aromatic nitrogens is 1. The number of hydrazine groups is 1. The van der Waals surface area contributed by atoms with Gasteiger partial charge in [-0.05, 0) is 28.9 Å². The lowest BCUT2D eigenvalue weighted by Gasteiger charge is -2.17. The molecule has 0 aliphatic rings. The summed E-state index contributed by atoms with van der Waals surface area (Å²) in [4.78, 5) is 3.38. The van der Waals surface area contributed by atoms with Gasteiger partial charge in [-0.2, -0.15) is 13.2 Å². The number of nitrogens with zero attached hydrogens (tertiary/aromatic N) is 1. The van der Waals surface area contributed by atoms with Crippen molar-refractivity contribution >= 4 is 31.8 Å². The zero-order chi connectivity index (χ0) is 15.6. The fourth-order valence-corrected chi connectivity index (χ4v) is 3.32. The van der Waals surface area contributed by atoms with Crippen LogP contribution in [-0.4, -0.2) is 25.6 Å². The molecule has 0 fully saturated rings. The highest BCUT2D eigenvalue weighted by Crippen LogP contribution is 2.25. The summed E-state index contributed by atoms with van der Waals surface area (Å²) in [5.74, 6) is 4.96. The minimum Gasteiger partial charge on any atom is -0.307 e. The number of pyridine rings is 1. The minimum absolute atomic E-state index is 0.167. The molecule has 0 saturated heterocycles. The van der Waals surface area contributed by atoms with Crippen molar-refractivity contribution in [3.05, 3.63) is 16.7 Å². The molecule has 1 rings (SSSR count). The number of hydrogen-bond donors (Lipinski definition) is 3. The first-order valence-electron chi connectivity index (χ1n) is 5.26. The highest BCUT2D eigenvalue weighted by atomic mass is 79.9. The third-order valence-electron chi connectivity index (χ3n) is 2.14. The van der Waals surface area contributed by atoms with Gasteiger partial charge in [-0.25, -0.2) is 24.0 Å². The summed E-state index contributed by atoms with van der Waals surface area (Å²) < 4.78 is 62.9. The fraction of sp³-hybridized carbons (Fsp3) is 0.444. The summed E-state index contributed by atoms with van der Waals surface area (Å²) in [7, 11) is -4.18. The van der Waals surface area contributed by atoms with Crippen LogP contribution in [0.15, 0.2) is 21.6 Å². The second-order valence-electron chi connectivity index (χ2n) is 3.99. The minimum atomic E-state index is -4.47. The van der Waals surface area contributed by atoms with Crippen molar-refractivity contribution in [1.29, 1.82) is 0 Å². The van der Waals surface area contributed by atoms with Crippen LogP contribution in [0.1, 0.15) is 13.3 Å². The van der Waals surface area contributed by atoms with E-state index in [2.05, 4.69) is 26.3 Å². The molecule has 114 valence electrons. The first-order valence-corrected chi connectivity index (χ1v) is 7.54. The Balaban J connectivity index is 3.03. The third kappa shape index (κ3) is 4.89. The second kappa shape index (κ2) is 6.24. The zero-order valence-corrected chi connectivity index (χ0v) is 12.6. The van der Waals surface area contributed by atoms with Crippen LogP contribution in [0.3, 0.4) is 0 Å². The molecule has 0 radical (unpaired) electrons. The lowest BCUT2D eigenvalue weighted by molar-refractivity contribution is -0.137. The number of anilines is 1. The summed E-state index contributed by atoms with van der Waals surface area (Å²) in [6.07, 6.45) is -4.45. The van der Waals surface area contributed by atoms with Gasteiger partial charge in [0.05, 0.1) is 6.42 Å². The molecule has 1 aromatic heterocycles. The fourth-order valence-electron chi connectivity index (χ4n) is 1.45.